The lowest BCUT2D eigenvalue weighted by Crippen LogP contribution is -2.41. The summed E-state index contributed by atoms with van der Waals surface area (Å²) >= 11 is 0. The van der Waals surface area contributed by atoms with E-state index >= 15 is 0 Å². The topological polar surface area (TPSA) is 157 Å². The van der Waals surface area contributed by atoms with Crippen molar-refractivity contribution in [3.63, 3.8) is 0 Å². The number of esters is 1. The van der Waals surface area contributed by atoms with E-state index in [0.717, 1.165) is 6.08 Å². The highest BCUT2D eigenvalue weighted by molar-refractivity contribution is 7.89. The lowest BCUT2D eigenvalue weighted by molar-refractivity contribution is -0.143. The molecule has 0 saturated heterocycles. The molecule has 0 atom stereocenters. The molecule has 0 spiro atoms. The molecule has 0 aliphatic rings. The first kappa shape index (κ1) is 24.5. The second-order valence-corrected chi connectivity index (χ2v) is 8.49. The number of carbonyl (C=O) groups excluding carboxylic acids is 3. The number of carbonyl (C=O) groups is 3. The van der Waals surface area contributed by atoms with Crippen molar-refractivity contribution in [2.24, 2.45) is 0 Å². The summed E-state index contributed by atoms with van der Waals surface area (Å²) in [4.78, 5) is 35.1. The Morgan fingerprint density at radius 1 is 0.912 bits per heavy atom. The summed E-state index contributed by atoms with van der Waals surface area (Å²) in [5, 5.41) is 4.42. The third-order valence-corrected chi connectivity index (χ3v) is 5.64. The predicted molar refractivity (Wildman–Crippen MR) is 118 cm³/mol. The van der Waals surface area contributed by atoms with Gasteiger partial charge in [-0.1, -0.05) is 12.1 Å². The number of nitrogens with one attached hydrogen (secondary N) is 3. The van der Waals surface area contributed by atoms with E-state index in [1.54, 1.807) is 24.3 Å². The minimum absolute atomic E-state index is 0.0159. The molecule has 0 fully saturated rings. The van der Waals surface area contributed by atoms with E-state index in [4.69, 9.17) is 13.6 Å². The molecule has 3 N–H and O–H groups in total. The van der Waals surface area contributed by atoms with E-state index in [-0.39, 0.29) is 18.0 Å². The summed E-state index contributed by atoms with van der Waals surface area (Å²) in [5.41, 5.74) is 0.531. The second-order valence-electron chi connectivity index (χ2n) is 6.72. The van der Waals surface area contributed by atoms with Crippen LogP contribution in [0.3, 0.4) is 0 Å². The summed E-state index contributed by atoms with van der Waals surface area (Å²) in [7, 11) is -3.74. The van der Waals surface area contributed by atoms with Crippen molar-refractivity contribution in [3.8, 4) is 0 Å². The number of amides is 3. The zero-order chi connectivity index (χ0) is 24.4. The SMILES string of the molecule is O=C(COC(=O)/C=C/c1ccc(S(=O)(=O)NCc2ccco2)cc1)NC(=O)NCc1ccco1. The molecule has 11 nitrogen and oxygen atoms in total. The number of furan rings is 2. The molecule has 0 aliphatic heterocycles. The van der Waals surface area contributed by atoms with Crippen LogP contribution in [-0.2, 0) is 37.4 Å². The zero-order valence-corrected chi connectivity index (χ0v) is 18.5. The van der Waals surface area contributed by atoms with Gasteiger partial charge in [0, 0.05) is 6.08 Å². The minimum atomic E-state index is -3.74. The zero-order valence-electron chi connectivity index (χ0n) is 17.7. The van der Waals surface area contributed by atoms with Gasteiger partial charge in [-0.2, -0.15) is 0 Å². The van der Waals surface area contributed by atoms with E-state index in [1.807, 2.05) is 5.32 Å². The fourth-order valence-corrected chi connectivity index (χ4v) is 3.55. The van der Waals surface area contributed by atoms with E-state index < -0.39 is 34.5 Å². The molecule has 3 rings (SSSR count). The fourth-order valence-electron chi connectivity index (χ4n) is 2.56. The molecule has 0 saturated carbocycles. The molecule has 3 aromatic rings. The largest absolute Gasteiger partial charge is 0.468 e. The van der Waals surface area contributed by atoms with E-state index in [0.29, 0.717) is 17.1 Å². The van der Waals surface area contributed by atoms with Crippen LogP contribution in [0.1, 0.15) is 17.1 Å². The predicted octanol–water partition coefficient (Wildman–Crippen LogP) is 1.93. The van der Waals surface area contributed by atoms with Gasteiger partial charge in [-0.05, 0) is 48.0 Å². The summed E-state index contributed by atoms with van der Waals surface area (Å²) in [6, 6.07) is 11.6. The lowest BCUT2D eigenvalue weighted by atomic mass is 10.2. The van der Waals surface area contributed by atoms with Crippen LogP contribution in [0, 0.1) is 0 Å². The van der Waals surface area contributed by atoms with Gasteiger partial charge in [0.2, 0.25) is 10.0 Å². The van der Waals surface area contributed by atoms with Crippen molar-refractivity contribution >= 4 is 34.0 Å². The standard InChI is InChI=1S/C22H21N3O8S/c26-20(25-22(28)23-13-17-3-1-11-31-17)15-33-21(27)10-7-16-5-8-19(9-6-16)34(29,30)24-14-18-4-2-12-32-18/h1-12,24H,13-15H2,(H2,23,25,26,28)/b10-7+. The van der Waals surface area contributed by atoms with Crippen LogP contribution in [0.5, 0.6) is 0 Å². The monoisotopic (exact) mass is 487 g/mol. The summed E-state index contributed by atoms with van der Waals surface area (Å²) in [5.74, 6) is -0.641. The normalized spacial score (nSPS) is 11.3. The molecule has 0 aliphatic carbocycles. The van der Waals surface area contributed by atoms with Gasteiger partial charge in [0.25, 0.3) is 5.91 Å². The number of sulfonamides is 1. The number of imide groups is 1. The maximum atomic E-state index is 12.3. The Morgan fingerprint density at radius 3 is 2.18 bits per heavy atom. The third kappa shape index (κ3) is 7.76. The van der Waals surface area contributed by atoms with Gasteiger partial charge < -0.3 is 18.9 Å². The van der Waals surface area contributed by atoms with Crippen LogP contribution in [-0.4, -0.2) is 32.9 Å². The van der Waals surface area contributed by atoms with E-state index in [9.17, 15) is 22.8 Å². The molecule has 0 unspecified atom stereocenters. The molecule has 178 valence electrons. The molecule has 0 radical (unpaired) electrons. The molecule has 3 amide bonds. The molecule has 2 heterocycles. The van der Waals surface area contributed by atoms with Crippen LogP contribution in [0.4, 0.5) is 4.79 Å². The molecular weight excluding hydrogens is 466 g/mol. The molecule has 34 heavy (non-hydrogen) atoms. The Kier molecular flexibility index (Phi) is 8.37. The van der Waals surface area contributed by atoms with Crippen LogP contribution < -0.4 is 15.4 Å². The number of rotatable bonds is 10. The number of hydrogen-bond acceptors (Lipinski definition) is 8. The Morgan fingerprint density at radius 2 is 1.56 bits per heavy atom. The highest BCUT2D eigenvalue weighted by Crippen LogP contribution is 2.12. The first-order valence-electron chi connectivity index (χ1n) is 9.89. The van der Waals surface area contributed by atoms with Crippen molar-refractivity contribution in [3.05, 3.63) is 84.2 Å². The Bertz CT molecular complexity index is 1230. The van der Waals surface area contributed by atoms with Crippen molar-refractivity contribution in [1.29, 1.82) is 0 Å². The summed E-state index contributed by atoms with van der Waals surface area (Å²) < 4.78 is 41.9. The number of ether oxygens (including phenoxy) is 1. The first-order chi connectivity index (χ1) is 16.3. The Hall–Kier alpha value is -4.16. The van der Waals surface area contributed by atoms with Gasteiger partial charge in [-0.3, -0.25) is 10.1 Å². The third-order valence-electron chi connectivity index (χ3n) is 4.22. The average Bonchev–Trinajstić information content (AvgIpc) is 3.53. The molecular formula is C22H21N3O8S. The molecule has 0 bridgehead atoms. The quantitative estimate of drug-likeness (QED) is 0.289. The number of urea groups is 1. The van der Waals surface area contributed by atoms with Crippen LogP contribution in [0.15, 0.2) is 80.9 Å². The average molecular weight is 487 g/mol. The Labute approximate surface area is 194 Å². The van der Waals surface area contributed by atoms with Gasteiger partial charge in [0.05, 0.1) is 30.5 Å². The van der Waals surface area contributed by atoms with Crippen molar-refractivity contribution in [2.45, 2.75) is 18.0 Å². The van der Waals surface area contributed by atoms with Gasteiger partial charge in [-0.25, -0.2) is 22.7 Å². The van der Waals surface area contributed by atoms with Gasteiger partial charge in [0.1, 0.15) is 11.5 Å². The Balaban J connectivity index is 1.40. The minimum Gasteiger partial charge on any atom is -0.468 e. The molecule has 1 aromatic carbocycles. The maximum Gasteiger partial charge on any atom is 0.331 e. The number of hydrogen-bond donors (Lipinski definition) is 3. The lowest BCUT2D eigenvalue weighted by Gasteiger charge is -2.06. The van der Waals surface area contributed by atoms with E-state index in [2.05, 4.69) is 10.0 Å². The summed E-state index contributed by atoms with van der Waals surface area (Å²) in [6.07, 6.45) is 5.36. The van der Waals surface area contributed by atoms with Crippen LogP contribution in [0.2, 0.25) is 0 Å². The van der Waals surface area contributed by atoms with Crippen molar-refractivity contribution in [1.82, 2.24) is 15.4 Å². The highest BCUT2D eigenvalue weighted by atomic mass is 32.2. The smallest absolute Gasteiger partial charge is 0.331 e. The van der Waals surface area contributed by atoms with Gasteiger partial charge >= 0.3 is 12.0 Å². The van der Waals surface area contributed by atoms with Crippen molar-refractivity contribution < 1.29 is 36.4 Å². The molecule has 12 heteroatoms. The maximum absolute atomic E-state index is 12.3. The van der Waals surface area contributed by atoms with Crippen molar-refractivity contribution in [2.75, 3.05) is 6.61 Å². The van der Waals surface area contributed by atoms with E-state index in [1.165, 1.54) is 42.9 Å². The highest BCUT2D eigenvalue weighted by Gasteiger charge is 2.14. The molecule has 2 aromatic heterocycles. The first-order valence-corrected chi connectivity index (χ1v) is 11.4. The summed E-state index contributed by atoms with van der Waals surface area (Å²) in [6.45, 7) is -0.549. The van der Waals surface area contributed by atoms with Gasteiger partial charge in [0.15, 0.2) is 6.61 Å². The fraction of sp³-hybridized carbons (Fsp3) is 0.136. The second kappa shape index (κ2) is 11.6. The van der Waals surface area contributed by atoms with Gasteiger partial charge in [-0.15, -0.1) is 0 Å². The van der Waals surface area contributed by atoms with Crippen LogP contribution in [0.25, 0.3) is 6.08 Å². The van der Waals surface area contributed by atoms with Crippen LogP contribution >= 0.6 is 0 Å². The number of benzene rings is 1.